The van der Waals surface area contributed by atoms with Crippen LogP contribution in [0.2, 0.25) is 0 Å². The number of aliphatic carboxylic acids is 1. The van der Waals surface area contributed by atoms with Gasteiger partial charge in [0.15, 0.2) is 0 Å². The summed E-state index contributed by atoms with van der Waals surface area (Å²) in [5.74, 6) is -0.831. The SMILES string of the molecule is C=C(C=C(C)C)CC(=O)O. The van der Waals surface area contributed by atoms with Crippen molar-refractivity contribution in [2.45, 2.75) is 20.3 Å². The molecule has 2 heteroatoms. The van der Waals surface area contributed by atoms with Crippen LogP contribution in [0, 0.1) is 0 Å². The van der Waals surface area contributed by atoms with E-state index >= 15 is 0 Å². The second-order valence-electron chi connectivity index (χ2n) is 2.45. The summed E-state index contributed by atoms with van der Waals surface area (Å²) in [6.07, 6.45) is 1.80. The Morgan fingerprint density at radius 3 is 2.40 bits per heavy atom. The van der Waals surface area contributed by atoms with E-state index in [-0.39, 0.29) is 6.42 Å². The van der Waals surface area contributed by atoms with Gasteiger partial charge in [-0.2, -0.15) is 0 Å². The predicted octanol–water partition coefficient (Wildman–Crippen LogP) is 1.98. The maximum Gasteiger partial charge on any atom is 0.307 e. The maximum absolute atomic E-state index is 10.1. The van der Waals surface area contributed by atoms with Gasteiger partial charge in [-0.1, -0.05) is 18.2 Å². The van der Waals surface area contributed by atoms with Gasteiger partial charge in [-0.05, 0) is 19.4 Å². The minimum absolute atomic E-state index is 0.0329. The maximum atomic E-state index is 10.1. The van der Waals surface area contributed by atoms with Crippen LogP contribution in [0.4, 0.5) is 0 Å². The molecule has 0 unspecified atom stereocenters. The van der Waals surface area contributed by atoms with Gasteiger partial charge in [0.2, 0.25) is 0 Å². The Balaban J connectivity index is 3.88. The molecule has 0 amide bonds. The van der Waals surface area contributed by atoms with Crippen molar-refractivity contribution in [1.82, 2.24) is 0 Å². The molecule has 0 heterocycles. The molecule has 0 radical (unpaired) electrons. The summed E-state index contributed by atoms with van der Waals surface area (Å²) in [5.41, 5.74) is 1.72. The fraction of sp³-hybridized carbons (Fsp3) is 0.375. The fourth-order valence-electron chi connectivity index (χ4n) is 0.654. The van der Waals surface area contributed by atoms with Crippen molar-refractivity contribution in [2.75, 3.05) is 0 Å². The van der Waals surface area contributed by atoms with Crippen molar-refractivity contribution in [2.24, 2.45) is 0 Å². The van der Waals surface area contributed by atoms with Crippen molar-refractivity contribution < 1.29 is 9.90 Å². The Morgan fingerprint density at radius 2 is 2.10 bits per heavy atom. The molecule has 0 aliphatic carbocycles. The highest BCUT2D eigenvalue weighted by atomic mass is 16.4. The van der Waals surface area contributed by atoms with E-state index in [1.165, 1.54) is 0 Å². The van der Waals surface area contributed by atoms with Crippen molar-refractivity contribution >= 4 is 5.97 Å². The van der Waals surface area contributed by atoms with Crippen LogP contribution in [0.15, 0.2) is 23.8 Å². The first-order valence-electron chi connectivity index (χ1n) is 3.07. The molecule has 1 N–H and O–H groups in total. The summed E-state index contributed by atoms with van der Waals surface area (Å²) in [6.45, 7) is 7.40. The molecule has 10 heavy (non-hydrogen) atoms. The number of allylic oxidation sites excluding steroid dienone is 2. The Hall–Kier alpha value is -1.05. The van der Waals surface area contributed by atoms with Crippen molar-refractivity contribution in [3.8, 4) is 0 Å². The van der Waals surface area contributed by atoms with E-state index in [0.29, 0.717) is 5.57 Å². The largest absolute Gasteiger partial charge is 0.481 e. The number of carboxylic acids is 1. The highest BCUT2D eigenvalue weighted by molar-refractivity contribution is 5.70. The third kappa shape index (κ3) is 5.09. The smallest absolute Gasteiger partial charge is 0.307 e. The molecule has 2 nitrogen and oxygen atoms in total. The standard InChI is InChI=1S/C8H12O2/c1-6(2)4-7(3)5-8(9)10/h4H,3,5H2,1-2H3,(H,9,10). The minimum atomic E-state index is -0.831. The Morgan fingerprint density at radius 1 is 1.60 bits per heavy atom. The zero-order valence-corrected chi connectivity index (χ0v) is 6.35. The molecule has 56 valence electrons. The lowest BCUT2D eigenvalue weighted by molar-refractivity contribution is -0.136. The van der Waals surface area contributed by atoms with Gasteiger partial charge < -0.3 is 5.11 Å². The van der Waals surface area contributed by atoms with Crippen LogP contribution in [0.3, 0.4) is 0 Å². The highest BCUT2D eigenvalue weighted by Crippen LogP contribution is 2.03. The lowest BCUT2D eigenvalue weighted by Crippen LogP contribution is -1.94. The van der Waals surface area contributed by atoms with Crippen LogP contribution in [0.25, 0.3) is 0 Å². The molecule has 0 atom stereocenters. The van der Waals surface area contributed by atoms with Crippen LogP contribution >= 0.6 is 0 Å². The quantitative estimate of drug-likeness (QED) is 0.608. The van der Waals surface area contributed by atoms with Gasteiger partial charge in [-0.15, -0.1) is 0 Å². The van der Waals surface area contributed by atoms with Gasteiger partial charge in [0.05, 0.1) is 6.42 Å². The summed E-state index contributed by atoms with van der Waals surface area (Å²) >= 11 is 0. The minimum Gasteiger partial charge on any atom is -0.481 e. The van der Waals surface area contributed by atoms with Gasteiger partial charge in [0.1, 0.15) is 0 Å². The zero-order chi connectivity index (χ0) is 8.15. The summed E-state index contributed by atoms with van der Waals surface area (Å²) in [6, 6.07) is 0. The van der Waals surface area contributed by atoms with Gasteiger partial charge in [-0.3, -0.25) is 4.79 Å². The number of hydrogen-bond acceptors (Lipinski definition) is 1. The number of carboxylic acid groups (broad SMARTS) is 1. The molecule has 0 fully saturated rings. The molecule has 0 aromatic heterocycles. The molecule has 0 aromatic rings. The number of hydrogen-bond donors (Lipinski definition) is 1. The molecule has 0 saturated carbocycles. The lowest BCUT2D eigenvalue weighted by atomic mass is 10.1. The van der Waals surface area contributed by atoms with Crippen molar-refractivity contribution in [3.63, 3.8) is 0 Å². The van der Waals surface area contributed by atoms with E-state index in [9.17, 15) is 4.79 Å². The molecular formula is C8H12O2. The second-order valence-corrected chi connectivity index (χ2v) is 2.45. The molecule has 0 rings (SSSR count). The van der Waals surface area contributed by atoms with E-state index < -0.39 is 5.97 Å². The summed E-state index contributed by atoms with van der Waals surface area (Å²) in [7, 11) is 0. The van der Waals surface area contributed by atoms with Crippen LogP contribution in [0.1, 0.15) is 20.3 Å². The van der Waals surface area contributed by atoms with Gasteiger partial charge >= 0.3 is 5.97 Å². The molecule has 0 spiro atoms. The van der Waals surface area contributed by atoms with E-state index in [4.69, 9.17) is 5.11 Å². The molecule has 0 aliphatic heterocycles. The van der Waals surface area contributed by atoms with Crippen LogP contribution in [-0.4, -0.2) is 11.1 Å². The second kappa shape index (κ2) is 3.88. The third-order valence-corrected chi connectivity index (χ3v) is 0.871. The summed E-state index contributed by atoms with van der Waals surface area (Å²) in [5, 5.41) is 8.31. The first-order chi connectivity index (χ1) is 4.52. The van der Waals surface area contributed by atoms with Crippen LogP contribution in [-0.2, 0) is 4.79 Å². The number of carbonyl (C=O) groups is 1. The van der Waals surface area contributed by atoms with Gasteiger partial charge in [-0.25, -0.2) is 0 Å². The first kappa shape index (κ1) is 8.95. The average Bonchev–Trinajstić information content (AvgIpc) is 1.58. The van der Waals surface area contributed by atoms with Crippen LogP contribution in [0.5, 0.6) is 0 Å². The molecule has 0 aliphatic rings. The first-order valence-corrected chi connectivity index (χ1v) is 3.07. The molecule has 0 saturated heterocycles. The molecular weight excluding hydrogens is 128 g/mol. The predicted molar refractivity (Wildman–Crippen MR) is 40.8 cm³/mol. The lowest BCUT2D eigenvalue weighted by Gasteiger charge is -1.94. The topological polar surface area (TPSA) is 37.3 Å². The zero-order valence-electron chi connectivity index (χ0n) is 6.35. The van der Waals surface area contributed by atoms with Gasteiger partial charge in [0.25, 0.3) is 0 Å². The van der Waals surface area contributed by atoms with Crippen LogP contribution < -0.4 is 0 Å². The Kier molecular flexibility index (Phi) is 3.47. The fourth-order valence-corrected chi connectivity index (χ4v) is 0.654. The third-order valence-electron chi connectivity index (χ3n) is 0.871. The van der Waals surface area contributed by atoms with Gasteiger partial charge in [0, 0.05) is 0 Å². The molecule has 0 aromatic carbocycles. The normalized spacial score (nSPS) is 8.60. The summed E-state index contributed by atoms with van der Waals surface area (Å²) < 4.78 is 0. The Bertz CT molecular complexity index is 174. The van der Waals surface area contributed by atoms with Crippen molar-refractivity contribution in [3.05, 3.63) is 23.8 Å². The van der Waals surface area contributed by atoms with Crippen molar-refractivity contribution in [1.29, 1.82) is 0 Å². The monoisotopic (exact) mass is 140 g/mol. The summed E-state index contributed by atoms with van der Waals surface area (Å²) in [4.78, 5) is 10.1. The van der Waals surface area contributed by atoms with E-state index in [0.717, 1.165) is 5.57 Å². The van der Waals surface area contributed by atoms with E-state index in [1.54, 1.807) is 6.08 Å². The highest BCUT2D eigenvalue weighted by Gasteiger charge is 1.96. The van der Waals surface area contributed by atoms with E-state index in [1.807, 2.05) is 13.8 Å². The average molecular weight is 140 g/mol. The van der Waals surface area contributed by atoms with E-state index in [2.05, 4.69) is 6.58 Å². The molecule has 0 bridgehead atoms. The Labute approximate surface area is 60.9 Å². The number of rotatable bonds is 3.